The van der Waals surface area contributed by atoms with Gasteiger partial charge in [0.2, 0.25) is 5.88 Å². The van der Waals surface area contributed by atoms with Gasteiger partial charge >= 0.3 is 0 Å². The van der Waals surface area contributed by atoms with Crippen molar-refractivity contribution in [2.75, 3.05) is 13.7 Å². The van der Waals surface area contributed by atoms with Crippen LogP contribution in [0, 0.1) is 16.7 Å². The van der Waals surface area contributed by atoms with E-state index in [1.54, 1.807) is 13.2 Å². The van der Waals surface area contributed by atoms with Gasteiger partial charge in [-0.1, -0.05) is 33.3 Å². The number of nitrogens with two attached hydrogens (primary N) is 1. The van der Waals surface area contributed by atoms with Crippen molar-refractivity contribution in [3.63, 3.8) is 0 Å². The first-order chi connectivity index (χ1) is 13.8. The van der Waals surface area contributed by atoms with Crippen LogP contribution in [0.1, 0.15) is 57.9 Å². The number of hydrogen-bond acceptors (Lipinski definition) is 6. The molecule has 0 fully saturated rings. The van der Waals surface area contributed by atoms with Crippen LogP contribution in [0.4, 0.5) is 0 Å². The van der Waals surface area contributed by atoms with Crippen molar-refractivity contribution in [1.29, 1.82) is 5.26 Å². The van der Waals surface area contributed by atoms with Gasteiger partial charge < -0.3 is 19.9 Å². The lowest BCUT2D eigenvalue weighted by atomic mass is 9.70. The molecule has 0 amide bonds. The van der Waals surface area contributed by atoms with Gasteiger partial charge in [0.1, 0.15) is 17.4 Å². The van der Waals surface area contributed by atoms with Crippen LogP contribution in [0.3, 0.4) is 0 Å². The Hall–Kier alpha value is -2.94. The summed E-state index contributed by atoms with van der Waals surface area (Å²) in [7, 11) is 1.59. The van der Waals surface area contributed by atoms with Crippen LogP contribution in [-0.4, -0.2) is 19.5 Å². The number of carbonyl (C=O) groups is 1. The standard InChI is InChI=1S/C23H28N2O4/c1-5-6-9-28-18-10-14(7-8-17(18)27-4)20-15(13-24)22(25)29-19-12-23(2,3)11-16(26)21(19)20/h7-8,10,20H,5-6,9,11-12,25H2,1-4H3. The Balaban J connectivity index is 2.09. The van der Waals surface area contributed by atoms with E-state index in [0.29, 0.717) is 42.3 Å². The van der Waals surface area contributed by atoms with E-state index in [2.05, 4.69) is 13.0 Å². The zero-order chi connectivity index (χ0) is 21.2. The Morgan fingerprint density at radius 2 is 2.07 bits per heavy atom. The van der Waals surface area contributed by atoms with Crippen molar-refractivity contribution in [2.24, 2.45) is 11.1 Å². The molecule has 3 rings (SSSR count). The molecule has 2 aliphatic rings. The lowest BCUT2D eigenvalue weighted by Gasteiger charge is -2.37. The number of ketones is 1. The van der Waals surface area contributed by atoms with Crippen LogP contribution in [-0.2, 0) is 9.53 Å². The summed E-state index contributed by atoms with van der Waals surface area (Å²) in [5, 5.41) is 9.76. The molecule has 0 aromatic heterocycles. The van der Waals surface area contributed by atoms with Gasteiger partial charge in [0, 0.05) is 18.4 Å². The topological polar surface area (TPSA) is 94.6 Å². The lowest BCUT2D eigenvalue weighted by Crippen LogP contribution is -2.33. The third-order valence-electron chi connectivity index (χ3n) is 5.35. The molecule has 1 aliphatic carbocycles. The number of methoxy groups -OCH3 is 1. The van der Waals surface area contributed by atoms with Crippen LogP contribution < -0.4 is 15.2 Å². The number of benzene rings is 1. The van der Waals surface area contributed by atoms with Crippen molar-refractivity contribution < 1.29 is 19.0 Å². The Kier molecular flexibility index (Phi) is 5.88. The number of unbranched alkanes of at least 4 members (excludes halogenated alkanes) is 1. The summed E-state index contributed by atoms with van der Waals surface area (Å²) in [5.74, 6) is 1.25. The van der Waals surface area contributed by atoms with Gasteiger partial charge in [-0.2, -0.15) is 5.26 Å². The molecule has 1 atom stereocenters. The van der Waals surface area contributed by atoms with E-state index < -0.39 is 5.92 Å². The summed E-state index contributed by atoms with van der Waals surface area (Å²) < 4.78 is 17.1. The molecule has 1 aromatic carbocycles. The van der Waals surface area contributed by atoms with E-state index in [9.17, 15) is 10.1 Å². The minimum absolute atomic E-state index is 0.00855. The molecular weight excluding hydrogens is 368 g/mol. The maximum Gasteiger partial charge on any atom is 0.205 e. The smallest absolute Gasteiger partial charge is 0.205 e. The Morgan fingerprint density at radius 1 is 1.31 bits per heavy atom. The molecule has 0 radical (unpaired) electrons. The predicted octanol–water partition coefficient (Wildman–Crippen LogP) is 4.32. The third-order valence-corrected chi connectivity index (χ3v) is 5.35. The van der Waals surface area contributed by atoms with E-state index in [0.717, 1.165) is 18.4 Å². The highest BCUT2D eigenvalue weighted by Gasteiger charge is 2.43. The molecule has 29 heavy (non-hydrogen) atoms. The van der Waals surface area contributed by atoms with E-state index in [1.807, 2.05) is 26.0 Å². The number of rotatable bonds is 6. The average Bonchev–Trinajstić information content (AvgIpc) is 2.66. The van der Waals surface area contributed by atoms with E-state index in [-0.39, 0.29) is 22.7 Å². The summed E-state index contributed by atoms with van der Waals surface area (Å²) in [4.78, 5) is 13.0. The maximum absolute atomic E-state index is 13.0. The molecule has 6 heteroatoms. The van der Waals surface area contributed by atoms with Crippen molar-refractivity contribution in [3.05, 3.63) is 46.6 Å². The second-order valence-corrected chi connectivity index (χ2v) is 8.31. The van der Waals surface area contributed by atoms with Gasteiger partial charge in [0.25, 0.3) is 0 Å². The first-order valence-electron chi connectivity index (χ1n) is 9.96. The first kappa shape index (κ1) is 20.8. The second kappa shape index (κ2) is 8.20. The molecule has 2 N–H and O–H groups in total. The van der Waals surface area contributed by atoms with E-state index >= 15 is 0 Å². The van der Waals surface area contributed by atoms with Crippen LogP contribution in [0.2, 0.25) is 0 Å². The Labute approximate surface area is 171 Å². The summed E-state index contributed by atoms with van der Waals surface area (Å²) in [6, 6.07) is 7.64. The number of carbonyl (C=O) groups excluding carboxylic acids is 1. The zero-order valence-electron chi connectivity index (χ0n) is 17.5. The number of allylic oxidation sites excluding steroid dienone is 3. The van der Waals surface area contributed by atoms with Crippen molar-refractivity contribution in [3.8, 4) is 17.6 Å². The SMILES string of the molecule is CCCCOc1cc(C2C(C#N)=C(N)OC3=C2C(=O)CC(C)(C)C3)ccc1OC. The van der Waals surface area contributed by atoms with Gasteiger partial charge in [-0.05, 0) is 29.5 Å². The molecule has 154 valence electrons. The predicted molar refractivity (Wildman–Crippen MR) is 109 cm³/mol. The molecule has 0 spiro atoms. The zero-order valence-corrected chi connectivity index (χ0v) is 17.5. The average molecular weight is 396 g/mol. The number of ether oxygens (including phenoxy) is 3. The largest absolute Gasteiger partial charge is 0.493 e. The highest BCUT2D eigenvalue weighted by Crippen LogP contribution is 2.48. The molecule has 0 saturated carbocycles. The minimum atomic E-state index is -0.563. The normalized spacial score (nSPS) is 20.7. The number of Topliss-reactive ketones (excluding diaryl/α,β-unsaturated/α-hetero) is 1. The summed E-state index contributed by atoms with van der Waals surface area (Å²) in [6.45, 7) is 6.71. The van der Waals surface area contributed by atoms with Crippen molar-refractivity contribution in [2.45, 2.75) is 52.4 Å². The van der Waals surface area contributed by atoms with Crippen LogP contribution >= 0.6 is 0 Å². The second-order valence-electron chi connectivity index (χ2n) is 8.31. The van der Waals surface area contributed by atoms with Gasteiger partial charge in [-0.3, -0.25) is 4.79 Å². The fraction of sp³-hybridized carbons (Fsp3) is 0.478. The van der Waals surface area contributed by atoms with Crippen molar-refractivity contribution in [1.82, 2.24) is 0 Å². The van der Waals surface area contributed by atoms with Crippen LogP contribution in [0.15, 0.2) is 41.0 Å². The van der Waals surface area contributed by atoms with Gasteiger partial charge in [-0.25, -0.2) is 0 Å². The molecule has 6 nitrogen and oxygen atoms in total. The number of nitriles is 1. The molecule has 1 aliphatic heterocycles. The maximum atomic E-state index is 13.0. The first-order valence-corrected chi connectivity index (χ1v) is 9.96. The van der Waals surface area contributed by atoms with Crippen LogP contribution in [0.25, 0.3) is 0 Å². The fourth-order valence-corrected chi connectivity index (χ4v) is 3.93. The molecule has 0 saturated heterocycles. The minimum Gasteiger partial charge on any atom is -0.493 e. The number of hydrogen-bond donors (Lipinski definition) is 1. The summed E-state index contributed by atoms with van der Waals surface area (Å²) in [6.07, 6.45) is 2.94. The molecule has 1 unspecified atom stereocenters. The van der Waals surface area contributed by atoms with E-state index in [4.69, 9.17) is 19.9 Å². The molecular formula is C23H28N2O4. The highest BCUT2D eigenvalue weighted by molar-refractivity contribution is 6.00. The Bertz CT molecular complexity index is 921. The lowest BCUT2D eigenvalue weighted by molar-refractivity contribution is -0.119. The summed E-state index contributed by atoms with van der Waals surface area (Å²) >= 11 is 0. The Morgan fingerprint density at radius 3 is 2.72 bits per heavy atom. The monoisotopic (exact) mass is 396 g/mol. The van der Waals surface area contributed by atoms with Crippen LogP contribution in [0.5, 0.6) is 11.5 Å². The van der Waals surface area contributed by atoms with Gasteiger partial charge in [0.05, 0.1) is 19.6 Å². The summed E-state index contributed by atoms with van der Waals surface area (Å²) in [5.41, 5.74) is 7.42. The van der Waals surface area contributed by atoms with Gasteiger partial charge in [0.15, 0.2) is 17.3 Å². The van der Waals surface area contributed by atoms with Gasteiger partial charge in [-0.15, -0.1) is 0 Å². The molecule has 1 heterocycles. The fourth-order valence-electron chi connectivity index (χ4n) is 3.93. The van der Waals surface area contributed by atoms with Crippen molar-refractivity contribution >= 4 is 5.78 Å². The quantitative estimate of drug-likeness (QED) is 0.720. The number of nitrogens with zero attached hydrogens (tertiary/aromatic N) is 1. The van der Waals surface area contributed by atoms with E-state index in [1.165, 1.54) is 0 Å². The molecule has 0 bridgehead atoms. The molecule has 1 aromatic rings. The highest BCUT2D eigenvalue weighted by atomic mass is 16.5. The third kappa shape index (κ3) is 4.09.